The predicted octanol–water partition coefficient (Wildman–Crippen LogP) is 2.73. The Kier molecular flexibility index (Phi) is 5.34. The molecular weight excluding hydrogens is 270 g/mol. The minimum absolute atomic E-state index is 0.166. The third kappa shape index (κ3) is 4.99. The number of hydrogen-bond donors (Lipinski definition) is 1. The van der Waals surface area contributed by atoms with Crippen LogP contribution in [0.15, 0.2) is 60.7 Å². The second kappa shape index (κ2) is 7.69. The average Bonchev–Trinajstić information content (AvgIpc) is 2.54. The van der Waals surface area contributed by atoms with Gasteiger partial charge >= 0.3 is 12.1 Å². The highest BCUT2D eigenvalue weighted by atomic mass is 16.6. The van der Waals surface area contributed by atoms with Gasteiger partial charge in [0, 0.05) is 0 Å². The van der Waals surface area contributed by atoms with Crippen LogP contribution in [0.4, 0.5) is 4.79 Å². The summed E-state index contributed by atoms with van der Waals surface area (Å²) in [6, 6.07) is 17.8. The van der Waals surface area contributed by atoms with E-state index in [1.165, 1.54) is 0 Å². The first-order valence-electron chi connectivity index (χ1n) is 6.42. The maximum absolute atomic E-state index is 11.6. The van der Waals surface area contributed by atoms with E-state index in [9.17, 15) is 9.59 Å². The lowest BCUT2D eigenvalue weighted by Crippen LogP contribution is -2.28. The molecule has 0 heterocycles. The van der Waals surface area contributed by atoms with Gasteiger partial charge in [-0.05, 0) is 17.7 Å². The number of alkyl carbamates (subject to hydrolysis) is 1. The highest BCUT2D eigenvalue weighted by molar-refractivity contribution is 5.89. The zero-order valence-corrected chi connectivity index (χ0v) is 11.3. The van der Waals surface area contributed by atoms with Gasteiger partial charge in [-0.3, -0.25) is 5.32 Å². The van der Waals surface area contributed by atoms with Crippen molar-refractivity contribution in [3.63, 3.8) is 0 Å². The molecule has 5 nitrogen and oxygen atoms in total. The van der Waals surface area contributed by atoms with E-state index in [4.69, 9.17) is 9.47 Å². The molecule has 0 bridgehead atoms. The average molecular weight is 285 g/mol. The Morgan fingerprint density at radius 1 is 0.857 bits per heavy atom. The molecule has 0 aliphatic heterocycles. The van der Waals surface area contributed by atoms with Crippen molar-refractivity contribution in [3.05, 3.63) is 71.8 Å². The molecule has 0 aromatic heterocycles. The van der Waals surface area contributed by atoms with Crippen molar-refractivity contribution < 1.29 is 19.1 Å². The standard InChI is InChI=1S/C16H15NO4/c18-15(14-9-5-2-6-10-14)21-12-17-16(19)20-11-13-7-3-1-4-8-13/h1-10H,11-12H2,(H,17,19). The second-order valence-corrected chi connectivity index (χ2v) is 4.18. The van der Waals surface area contributed by atoms with E-state index in [0.29, 0.717) is 5.56 Å². The lowest BCUT2D eigenvalue weighted by atomic mass is 10.2. The monoisotopic (exact) mass is 285 g/mol. The molecule has 0 aliphatic rings. The summed E-state index contributed by atoms with van der Waals surface area (Å²) in [6.45, 7) is -0.0688. The van der Waals surface area contributed by atoms with Crippen LogP contribution in [0, 0.1) is 0 Å². The summed E-state index contributed by atoms with van der Waals surface area (Å²) in [5, 5.41) is 2.35. The molecule has 2 aromatic rings. The van der Waals surface area contributed by atoms with E-state index < -0.39 is 12.1 Å². The summed E-state index contributed by atoms with van der Waals surface area (Å²) >= 11 is 0. The molecule has 0 saturated carbocycles. The summed E-state index contributed by atoms with van der Waals surface area (Å²) < 4.78 is 9.87. The van der Waals surface area contributed by atoms with Gasteiger partial charge in [-0.2, -0.15) is 0 Å². The molecule has 2 aromatic carbocycles. The zero-order chi connectivity index (χ0) is 14.9. The Balaban J connectivity index is 1.66. The normalized spacial score (nSPS) is 9.71. The van der Waals surface area contributed by atoms with Crippen LogP contribution in [0.25, 0.3) is 0 Å². The van der Waals surface area contributed by atoms with E-state index >= 15 is 0 Å². The minimum atomic E-state index is -0.639. The van der Waals surface area contributed by atoms with Gasteiger partial charge < -0.3 is 9.47 Å². The first-order chi connectivity index (χ1) is 10.3. The van der Waals surface area contributed by atoms with Gasteiger partial charge in [0.25, 0.3) is 0 Å². The Morgan fingerprint density at radius 2 is 1.48 bits per heavy atom. The first kappa shape index (κ1) is 14.6. The molecule has 0 atom stereocenters. The Morgan fingerprint density at radius 3 is 2.14 bits per heavy atom. The molecule has 108 valence electrons. The van der Waals surface area contributed by atoms with Gasteiger partial charge in [-0.25, -0.2) is 9.59 Å². The van der Waals surface area contributed by atoms with Crippen molar-refractivity contribution in [2.24, 2.45) is 0 Å². The molecule has 2 rings (SSSR count). The molecule has 0 spiro atoms. The number of amides is 1. The predicted molar refractivity (Wildman–Crippen MR) is 76.5 cm³/mol. The second-order valence-electron chi connectivity index (χ2n) is 4.18. The Hall–Kier alpha value is -2.82. The quantitative estimate of drug-likeness (QED) is 0.677. The Labute approximate surface area is 122 Å². The molecule has 0 fully saturated rings. The summed E-state index contributed by atoms with van der Waals surface area (Å²) in [5.74, 6) is -0.501. The summed E-state index contributed by atoms with van der Waals surface area (Å²) in [4.78, 5) is 23.0. The summed E-state index contributed by atoms with van der Waals surface area (Å²) in [5.41, 5.74) is 1.31. The van der Waals surface area contributed by atoms with Crippen molar-refractivity contribution in [2.45, 2.75) is 6.61 Å². The van der Waals surface area contributed by atoms with Crippen molar-refractivity contribution in [1.29, 1.82) is 0 Å². The number of ether oxygens (including phenoxy) is 2. The fraction of sp³-hybridized carbons (Fsp3) is 0.125. The molecule has 0 radical (unpaired) electrons. The molecule has 0 unspecified atom stereocenters. The van der Waals surface area contributed by atoms with Gasteiger partial charge in [0.2, 0.25) is 0 Å². The van der Waals surface area contributed by atoms with Crippen molar-refractivity contribution in [3.8, 4) is 0 Å². The number of nitrogens with one attached hydrogen (secondary N) is 1. The highest BCUT2D eigenvalue weighted by Crippen LogP contribution is 2.01. The van der Waals surface area contributed by atoms with Gasteiger partial charge in [0.15, 0.2) is 6.73 Å². The fourth-order valence-electron chi connectivity index (χ4n) is 1.59. The van der Waals surface area contributed by atoms with Gasteiger partial charge in [0.05, 0.1) is 5.56 Å². The number of esters is 1. The smallest absolute Gasteiger partial charge is 0.410 e. The van der Waals surface area contributed by atoms with Crippen LogP contribution in [-0.2, 0) is 16.1 Å². The maximum atomic E-state index is 11.6. The lowest BCUT2D eigenvalue weighted by molar-refractivity contribution is 0.0461. The summed E-state index contributed by atoms with van der Waals surface area (Å²) in [7, 11) is 0. The van der Waals surface area contributed by atoms with Gasteiger partial charge in [0.1, 0.15) is 6.61 Å². The molecule has 21 heavy (non-hydrogen) atoms. The number of benzene rings is 2. The van der Waals surface area contributed by atoms with E-state index in [0.717, 1.165) is 5.56 Å². The largest absolute Gasteiger partial charge is 0.445 e. The van der Waals surface area contributed by atoms with Gasteiger partial charge in [-0.15, -0.1) is 0 Å². The molecule has 1 N–H and O–H groups in total. The van der Waals surface area contributed by atoms with Crippen molar-refractivity contribution in [1.82, 2.24) is 5.32 Å². The maximum Gasteiger partial charge on any atom is 0.410 e. The zero-order valence-electron chi connectivity index (χ0n) is 11.3. The number of carbonyl (C=O) groups excluding carboxylic acids is 2. The Bertz CT molecular complexity index is 584. The fourth-order valence-corrected chi connectivity index (χ4v) is 1.59. The van der Waals surface area contributed by atoms with E-state index in [2.05, 4.69) is 5.32 Å². The van der Waals surface area contributed by atoms with Crippen molar-refractivity contribution >= 4 is 12.1 Å². The van der Waals surface area contributed by atoms with Crippen LogP contribution >= 0.6 is 0 Å². The van der Waals surface area contributed by atoms with E-state index in [1.807, 2.05) is 30.3 Å². The third-order valence-electron chi connectivity index (χ3n) is 2.64. The van der Waals surface area contributed by atoms with Crippen LogP contribution in [0.1, 0.15) is 15.9 Å². The molecule has 1 amide bonds. The SMILES string of the molecule is O=C(NCOC(=O)c1ccccc1)OCc1ccccc1. The van der Waals surface area contributed by atoms with Gasteiger partial charge in [-0.1, -0.05) is 48.5 Å². The molecule has 0 aliphatic carbocycles. The summed E-state index contributed by atoms with van der Waals surface area (Å²) in [6.07, 6.45) is -0.639. The minimum Gasteiger partial charge on any atom is -0.445 e. The first-order valence-corrected chi connectivity index (χ1v) is 6.42. The van der Waals surface area contributed by atoms with E-state index in [-0.39, 0.29) is 13.3 Å². The third-order valence-corrected chi connectivity index (χ3v) is 2.64. The number of rotatable bonds is 5. The number of hydrogen-bond acceptors (Lipinski definition) is 4. The van der Waals surface area contributed by atoms with Crippen LogP contribution in [0.2, 0.25) is 0 Å². The molecule has 0 saturated heterocycles. The topological polar surface area (TPSA) is 64.6 Å². The van der Waals surface area contributed by atoms with Crippen LogP contribution in [0.3, 0.4) is 0 Å². The van der Waals surface area contributed by atoms with E-state index in [1.54, 1.807) is 30.3 Å². The highest BCUT2D eigenvalue weighted by Gasteiger charge is 2.07. The lowest BCUT2D eigenvalue weighted by Gasteiger charge is -2.08. The molecular formula is C16H15NO4. The molecule has 5 heteroatoms. The van der Waals surface area contributed by atoms with Crippen molar-refractivity contribution in [2.75, 3.05) is 6.73 Å². The van der Waals surface area contributed by atoms with Crippen LogP contribution < -0.4 is 5.32 Å². The van der Waals surface area contributed by atoms with Crippen LogP contribution in [-0.4, -0.2) is 18.8 Å². The number of carbonyl (C=O) groups is 2. The van der Waals surface area contributed by atoms with Crippen LogP contribution in [0.5, 0.6) is 0 Å².